The molecule has 1 amide bonds. The Labute approximate surface area is 169 Å². The highest BCUT2D eigenvalue weighted by atomic mass is 79.9. The molecule has 1 aromatic heterocycles. The molecule has 0 unspecified atom stereocenters. The first-order chi connectivity index (χ1) is 12.9. The second-order valence-electron chi connectivity index (χ2n) is 6.44. The van der Waals surface area contributed by atoms with Crippen LogP contribution in [0.25, 0.3) is 0 Å². The molecule has 0 spiro atoms. The van der Waals surface area contributed by atoms with Gasteiger partial charge in [0, 0.05) is 19.5 Å². The van der Waals surface area contributed by atoms with Gasteiger partial charge in [-0.2, -0.15) is 4.73 Å². The van der Waals surface area contributed by atoms with Crippen LogP contribution in [0.15, 0.2) is 22.7 Å². The first-order valence-corrected chi connectivity index (χ1v) is 10.1. The fourth-order valence-electron chi connectivity index (χ4n) is 3.07. The van der Waals surface area contributed by atoms with Gasteiger partial charge in [-0.25, -0.2) is 0 Å². The largest absolute Gasteiger partial charge is 0.618 e. The summed E-state index contributed by atoms with van der Waals surface area (Å²) < 4.78 is 7.13. The number of hydrogen-bond acceptors (Lipinski definition) is 3. The lowest BCUT2D eigenvalue weighted by Gasteiger charge is -2.19. The monoisotopic (exact) mass is 434 g/mol. The van der Waals surface area contributed by atoms with Crippen molar-refractivity contribution in [3.05, 3.63) is 56.0 Å². The van der Waals surface area contributed by atoms with Crippen molar-refractivity contribution in [1.82, 2.24) is 0 Å². The zero-order chi connectivity index (χ0) is 20.1. The van der Waals surface area contributed by atoms with Gasteiger partial charge in [-0.3, -0.25) is 4.79 Å². The fourth-order valence-corrected chi connectivity index (χ4v) is 3.54. The highest BCUT2D eigenvalue weighted by Crippen LogP contribution is 2.33. The molecule has 6 heteroatoms. The molecule has 1 aromatic carbocycles. The summed E-state index contributed by atoms with van der Waals surface area (Å²) >= 11 is 3.43. The van der Waals surface area contributed by atoms with Crippen molar-refractivity contribution in [1.29, 1.82) is 0 Å². The summed E-state index contributed by atoms with van der Waals surface area (Å²) in [6.07, 6.45) is 2.41. The number of aryl methyl sites for hydroxylation is 2. The second kappa shape index (κ2) is 9.22. The summed E-state index contributed by atoms with van der Waals surface area (Å²) in [4.78, 5) is 13.2. The van der Waals surface area contributed by atoms with Crippen LogP contribution in [0, 0.1) is 19.1 Å². The van der Waals surface area contributed by atoms with E-state index in [1.807, 2.05) is 25.1 Å². The van der Waals surface area contributed by atoms with Crippen molar-refractivity contribution in [3.63, 3.8) is 0 Å². The topological polar surface area (TPSA) is 65.3 Å². The number of carbonyl (C=O) groups excluding carboxylic acids is 1. The van der Waals surface area contributed by atoms with Gasteiger partial charge in [0.2, 0.25) is 11.4 Å². The van der Waals surface area contributed by atoms with Crippen LogP contribution in [0.4, 0.5) is 5.69 Å². The molecule has 0 atom stereocenters. The number of benzene rings is 1. The number of aromatic nitrogens is 1. The lowest BCUT2D eigenvalue weighted by Crippen LogP contribution is -2.37. The van der Waals surface area contributed by atoms with E-state index < -0.39 is 0 Å². The van der Waals surface area contributed by atoms with E-state index in [-0.39, 0.29) is 11.5 Å². The first kappa shape index (κ1) is 21.2. The standard InChI is InChI=1S/C21H27BrN2O3/c1-6-12-27-20-17(13(4)24(26)14(5)18(20)22)21(25)23-19-15(7-2)10-9-11-16(19)8-3/h9-11H,6-8,12H2,1-5H3,(H,23,25). The first-order valence-electron chi connectivity index (χ1n) is 9.34. The zero-order valence-electron chi connectivity index (χ0n) is 16.6. The summed E-state index contributed by atoms with van der Waals surface area (Å²) in [6.45, 7) is 9.92. The number of hydrogen-bond donors (Lipinski definition) is 1. The SMILES string of the molecule is CCCOc1c(Br)c(C)[n+]([O-])c(C)c1C(=O)Nc1c(CC)cccc1CC. The number of para-hydroxylation sites is 1. The van der Waals surface area contributed by atoms with Gasteiger partial charge in [0.15, 0.2) is 11.3 Å². The van der Waals surface area contributed by atoms with E-state index in [1.54, 1.807) is 13.8 Å². The quantitative estimate of drug-likeness (QED) is 0.499. The van der Waals surface area contributed by atoms with Gasteiger partial charge in [-0.15, -0.1) is 0 Å². The van der Waals surface area contributed by atoms with Crippen LogP contribution < -0.4 is 14.8 Å². The van der Waals surface area contributed by atoms with Gasteiger partial charge < -0.3 is 15.3 Å². The highest BCUT2D eigenvalue weighted by molar-refractivity contribution is 9.10. The average molecular weight is 435 g/mol. The van der Waals surface area contributed by atoms with Gasteiger partial charge in [0.05, 0.1) is 6.61 Å². The molecule has 1 heterocycles. The van der Waals surface area contributed by atoms with Crippen molar-refractivity contribution in [2.75, 3.05) is 11.9 Å². The molecule has 0 aliphatic heterocycles. The van der Waals surface area contributed by atoms with Crippen molar-refractivity contribution < 1.29 is 14.3 Å². The summed E-state index contributed by atoms with van der Waals surface area (Å²) in [7, 11) is 0. The smallest absolute Gasteiger partial charge is 0.265 e. The Morgan fingerprint density at radius 1 is 1.15 bits per heavy atom. The van der Waals surface area contributed by atoms with E-state index in [0.717, 1.165) is 40.8 Å². The molecule has 2 aromatic rings. The molecule has 1 N–H and O–H groups in total. The maximum Gasteiger partial charge on any atom is 0.265 e. The van der Waals surface area contributed by atoms with E-state index in [1.165, 1.54) is 0 Å². The Bertz CT molecular complexity index is 828. The van der Waals surface area contributed by atoms with Crippen LogP contribution in [-0.2, 0) is 12.8 Å². The molecule has 0 fully saturated rings. The zero-order valence-corrected chi connectivity index (χ0v) is 18.2. The maximum absolute atomic E-state index is 13.2. The molecule has 0 bridgehead atoms. The van der Waals surface area contributed by atoms with Crippen molar-refractivity contribution >= 4 is 27.5 Å². The van der Waals surface area contributed by atoms with E-state index in [2.05, 4.69) is 35.1 Å². The van der Waals surface area contributed by atoms with E-state index in [0.29, 0.717) is 28.2 Å². The van der Waals surface area contributed by atoms with Crippen LogP contribution in [0.2, 0.25) is 0 Å². The third-order valence-electron chi connectivity index (χ3n) is 4.63. The van der Waals surface area contributed by atoms with Crippen molar-refractivity contribution in [2.45, 2.75) is 53.9 Å². The minimum Gasteiger partial charge on any atom is -0.618 e. The van der Waals surface area contributed by atoms with Gasteiger partial charge in [-0.1, -0.05) is 39.0 Å². The number of anilines is 1. The van der Waals surface area contributed by atoms with Gasteiger partial charge >= 0.3 is 0 Å². The summed E-state index contributed by atoms with van der Waals surface area (Å²) in [5.74, 6) is 0.0861. The van der Waals surface area contributed by atoms with Gasteiger partial charge in [-0.05, 0) is 46.3 Å². The summed E-state index contributed by atoms with van der Waals surface area (Å²) in [5.41, 5.74) is 4.02. The lowest BCUT2D eigenvalue weighted by atomic mass is 10.0. The number of ether oxygens (including phenoxy) is 1. The number of amides is 1. The number of rotatable bonds is 7. The number of nitrogens with zero attached hydrogens (tertiary/aromatic N) is 1. The number of pyridine rings is 1. The Balaban J connectivity index is 2.57. The van der Waals surface area contributed by atoms with Gasteiger partial charge in [0.1, 0.15) is 4.47 Å². The Kier molecular flexibility index (Phi) is 7.25. The van der Waals surface area contributed by atoms with E-state index in [9.17, 15) is 10.0 Å². The van der Waals surface area contributed by atoms with E-state index >= 15 is 0 Å². The summed E-state index contributed by atoms with van der Waals surface area (Å²) in [5, 5.41) is 15.5. The molecule has 5 nitrogen and oxygen atoms in total. The second-order valence-corrected chi connectivity index (χ2v) is 7.24. The molecule has 0 aliphatic carbocycles. The summed E-state index contributed by atoms with van der Waals surface area (Å²) in [6, 6.07) is 6.02. The molecule has 2 rings (SSSR count). The molecule has 0 saturated carbocycles. The van der Waals surface area contributed by atoms with Crippen molar-refractivity contribution in [2.24, 2.45) is 0 Å². The van der Waals surface area contributed by atoms with E-state index in [4.69, 9.17) is 4.74 Å². The predicted octanol–water partition coefficient (Wildman–Crippen LogP) is 4.87. The molecule has 0 aliphatic rings. The van der Waals surface area contributed by atoms with Crippen LogP contribution in [0.1, 0.15) is 60.1 Å². The Morgan fingerprint density at radius 2 is 1.74 bits per heavy atom. The normalized spacial score (nSPS) is 10.7. The minimum atomic E-state index is -0.334. The molecular formula is C21H27BrN2O3. The van der Waals surface area contributed by atoms with Crippen molar-refractivity contribution in [3.8, 4) is 5.75 Å². The number of carbonyl (C=O) groups is 1. The Hall–Kier alpha value is -2.08. The minimum absolute atomic E-state index is 0.267. The average Bonchev–Trinajstić information content (AvgIpc) is 2.67. The predicted molar refractivity (Wildman–Crippen MR) is 112 cm³/mol. The number of nitrogens with one attached hydrogen (secondary N) is 1. The third-order valence-corrected chi connectivity index (χ3v) is 5.56. The highest BCUT2D eigenvalue weighted by Gasteiger charge is 2.29. The van der Waals surface area contributed by atoms with Crippen LogP contribution in [0.5, 0.6) is 5.75 Å². The number of halogens is 1. The van der Waals surface area contributed by atoms with Crippen LogP contribution in [-0.4, -0.2) is 12.5 Å². The molecule has 27 heavy (non-hydrogen) atoms. The van der Waals surface area contributed by atoms with Crippen LogP contribution >= 0.6 is 15.9 Å². The molecular weight excluding hydrogens is 408 g/mol. The Morgan fingerprint density at radius 3 is 2.26 bits per heavy atom. The third kappa shape index (κ3) is 4.26. The maximum atomic E-state index is 13.2. The molecule has 146 valence electrons. The lowest BCUT2D eigenvalue weighted by molar-refractivity contribution is -0.619. The fraction of sp³-hybridized carbons (Fsp3) is 0.429. The van der Waals surface area contributed by atoms with Crippen LogP contribution in [0.3, 0.4) is 0 Å². The molecule has 0 saturated heterocycles. The van der Waals surface area contributed by atoms with Gasteiger partial charge in [0.25, 0.3) is 5.91 Å². The molecule has 0 radical (unpaired) electrons.